The van der Waals surface area contributed by atoms with Gasteiger partial charge in [0.15, 0.2) is 0 Å². The molecule has 1 aliphatic heterocycles. The van der Waals surface area contributed by atoms with Crippen molar-refractivity contribution in [2.45, 2.75) is 79.8 Å². The Kier molecular flexibility index (Phi) is 9.14. The highest BCUT2D eigenvalue weighted by Crippen LogP contribution is 2.44. The number of cyclic esters (lactones) is 1. The Balaban J connectivity index is 2.41. The molecule has 1 aromatic rings. The maximum atomic E-state index is 12.6. The number of nitrogens with zero attached hydrogens (tertiary/aromatic N) is 1. The Labute approximate surface area is 198 Å². The van der Waals surface area contributed by atoms with Crippen molar-refractivity contribution in [3.05, 3.63) is 39.5 Å². The zero-order valence-electron chi connectivity index (χ0n) is 21.2. The highest BCUT2D eigenvalue weighted by Gasteiger charge is 2.32. The van der Waals surface area contributed by atoms with Crippen molar-refractivity contribution in [3.8, 4) is 5.75 Å². The molecule has 0 radical (unpaired) electrons. The van der Waals surface area contributed by atoms with Gasteiger partial charge in [-0.25, -0.2) is 9.36 Å². The third-order valence-corrected chi connectivity index (χ3v) is 8.47. The minimum absolute atomic E-state index is 0.122. The number of benzene rings is 1. The third kappa shape index (κ3) is 7.56. The molecule has 33 heavy (non-hydrogen) atoms. The third-order valence-electron chi connectivity index (χ3n) is 5.53. The molecule has 7 nitrogen and oxygen atoms in total. The number of esters is 1. The molecule has 1 aromatic carbocycles. The number of carbonyl (C=O) groups excluding carboxylic acids is 1. The van der Waals surface area contributed by atoms with E-state index in [2.05, 4.69) is 31.7 Å². The van der Waals surface area contributed by atoms with Crippen LogP contribution >= 0.6 is 7.60 Å². The molecule has 0 saturated carbocycles. The van der Waals surface area contributed by atoms with E-state index in [1.807, 2.05) is 13.0 Å². The van der Waals surface area contributed by atoms with Crippen LogP contribution in [-0.4, -0.2) is 37.4 Å². The molecule has 9 heteroatoms. The Bertz CT molecular complexity index is 1010. The molecular weight excluding hydrogens is 457 g/mol. The molecule has 0 spiro atoms. The average Bonchev–Trinajstić information content (AvgIpc) is 3.07. The van der Waals surface area contributed by atoms with Gasteiger partial charge in [-0.1, -0.05) is 43.4 Å². The van der Waals surface area contributed by atoms with E-state index >= 15 is 0 Å². The van der Waals surface area contributed by atoms with Gasteiger partial charge in [0.25, 0.3) is 0 Å². The van der Waals surface area contributed by atoms with Gasteiger partial charge < -0.3 is 19.0 Å². The van der Waals surface area contributed by atoms with Crippen LogP contribution in [0.5, 0.6) is 5.75 Å². The van der Waals surface area contributed by atoms with Gasteiger partial charge in [-0.15, -0.1) is 0 Å². The predicted octanol–water partition coefficient (Wildman–Crippen LogP) is 6.03. The van der Waals surface area contributed by atoms with Crippen molar-refractivity contribution in [2.75, 3.05) is 12.8 Å². The van der Waals surface area contributed by atoms with Gasteiger partial charge >= 0.3 is 13.6 Å². The maximum absolute atomic E-state index is 12.6. The molecule has 0 fully saturated rings. The molecule has 0 amide bonds. The Morgan fingerprint density at radius 2 is 1.91 bits per heavy atom. The molecule has 0 saturated heterocycles. The predicted molar refractivity (Wildman–Crippen MR) is 135 cm³/mol. The van der Waals surface area contributed by atoms with Crippen LogP contribution in [0, 0.1) is 6.92 Å². The Morgan fingerprint density at radius 3 is 2.48 bits per heavy atom. The molecule has 1 aliphatic rings. The number of fused-ring (bicyclic) bond motifs is 1. The van der Waals surface area contributed by atoms with Crippen molar-refractivity contribution >= 4 is 27.4 Å². The Morgan fingerprint density at radius 1 is 1.24 bits per heavy atom. The molecule has 2 rings (SSSR count). The first kappa shape index (κ1) is 27.4. The largest absolute Gasteiger partial charge is 0.493 e. The second-order valence-electron chi connectivity index (χ2n) is 10.0. The standard InChI is InChI=1S/C24H38NO6PSi/c1-9-19-18(5)21-14-30-24(26)22(21)23(29-12-13-33(6,7)8)20(19)11-10-17(4)15-32(27,28)31-25-16(2)3/h10H,9,11-15H2,1-8H3,(H,27,28)/b17-10+. The van der Waals surface area contributed by atoms with Gasteiger partial charge in [0.2, 0.25) is 0 Å². The van der Waals surface area contributed by atoms with E-state index in [1.165, 1.54) is 0 Å². The average molecular weight is 496 g/mol. The van der Waals surface area contributed by atoms with Crippen LogP contribution in [0.25, 0.3) is 0 Å². The zero-order chi connectivity index (χ0) is 25.0. The summed E-state index contributed by atoms with van der Waals surface area (Å²) in [5, 5.41) is 3.63. The minimum atomic E-state index is -3.88. The zero-order valence-corrected chi connectivity index (χ0v) is 23.1. The number of allylic oxidation sites excluding steroid dienone is 2. The lowest BCUT2D eigenvalue weighted by molar-refractivity contribution is 0.0532. The lowest BCUT2D eigenvalue weighted by Crippen LogP contribution is -2.23. The number of hydrogen-bond donors (Lipinski definition) is 1. The van der Waals surface area contributed by atoms with Crippen LogP contribution < -0.4 is 4.74 Å². The van der Waals surface area contributed by atoms with Crippen molar-refractivity contribution in [1.82, 2.24) is 0 Å². The van der Waals surface area contributed by atoms with Crippen LogP contribution in [0.4, 0.5) is 0 Å². The van der Waals surface area contributed by atoms with E-state index in [-0.39, 0.29) is 18.7 Å². The van der Waals surface area contributed by atoms with Crippen LogP contribution in [0.2, 0.25) is 25.7 Å². The number of oxime groups is 1. The van der Waals surface area contributed by atoms with E-state index in [0.717, 1.165) is 34.7 Å². The van der Waals surface area contributed by atoms with Gasteiger partial charge in [-0.05, 0) is 57.7 Å². The number of ether oxygens (including phenoxy) is 2. The SMILES string of the molecule is CCc1c(C)c2c(c(OCC[Si](C)(C)C)c1C/C=C(\C)CP(=O)(O)ON=C(C)C)C(=O)OC2. The number of carbonyl (C=O) groups is 1. The molecule has 1 atom stereocenters. The summed E-state index contributed by atoms with van der Waals surface area (Å²) in [5.41, 5.74) is 5.85. The van der Waals surface area contributed by atoms with E-state index in [0.29, 0.717) is 35.6 Å². The summed E-state index contributed by atoms with van der Waals surface area (Å²) < 4.78 is 28.8. The van der Waals surface area contributed by atoms with Crippen LogP contribution in [-0.2, 0) is 33.4 Å². The normalized spacial score (nSPS) is 15.5. The fourth-order valence-corrected chi connectivity index (χ4v) is 5.59. The first-order valence-corrected chi connectivity index (χ1v) is 16.9. The fourth-order valence-electron chi connectivity index (χ4n) is 3.77. The van der Waals surface area contributed by atoms with E-state index < -0.39 is 15.7 Å². The quantitative estimate of drug-likeness (QED) is 0.101. The Hall–Kier alpha value is -1.89. The molecule has 1 unspecified atom stereocenters. The summed E-state index contributed by atoms with van der Waals surface area (Å²) >= 11 is 0. The molecule has 1 heterocycles. The molecule has 0 bridgehead atoms. The number of rotatable bonds is 11. The van der Waals surface area contributed by atoms with Gasteiger partial charge in [0.1, 0.15) is 17.9 Å². The van der Waals surface area contributed by atoms with Crippen molar-refractivity contribution in [1.29, 1.82) is 0 Å². The first-order chi connectivity index (χ1) is 15.3. The van der Waals surface area contributed by atoms with Crippen molar-refractivity contribution in [3.63, 3.8) is 0 Å². The van der Waals surface area contributed by atoms with Crippen molar-refractivity contribution in [2.24, 2.45) is 5.16 Å². The fraction of sp³-hybridized carbons (Fsp3) is 0.583. The maximum Gasteiger partial charge on any atom is 0.401 e. The van der Waals surface area contributed by atoms with Gasteiger partial charge in [-0.2, -0.15) is 0 Å². The molecule has 184 valence electrons. The topological polar surface area (TPSA) is 94.4 Å². The summed E-state index contributed by atoms with van der Waals surface area (Å²) in [6.45, 7) is 17.0. The summed E-state index contributed by atoms with van der Waals surface area (Å²) in [4.78, 5) is 22.7. The summed E-state index contributed by atoms with van der Waals surface area (Å²) in [6.07, 6.45) is 3.05. The molecule has 0 aliphatic carbocycles. The smallest absolute Gasteiger partial charge is 0.401 e. The molecular formula is C24H38NO6PSi. The van der Waals surface area contributed by atoms with E-state index in [1.54, 1.807) is 20.8 Å². The number of hydrogen-bond acceptors (Lipinski definition) is 6. The minimum Gasteiger partial charge on any atom is -0.493 e. The summed E-state index contributed by atoms with van der Waals surface area (Å²) in [5.74, 6) is 0.258. The second-order valence-corrected chi connectivity index (χ2v) is 17.4. The lowest BCUT2D eigenvalue weighted by atomic mass is 9.89. The van der Waals surface area contributed by atoms with E-state index in [9.17, 15) is 14.3 Å². The van der Waals surface area contributed by atoms with Crippen LogP contribution in [0.15, 0.2) is 16.8 Å². The molecule has 0 aromatic heterocycles. The van der Waals surface area contributed by atoms with Gasteiger partial charge in [-0.3, -0.25) is 0 Å². The summed E-state index contributed by atoms with van der Waals surface area (Å²) in [6, 6.07) is 0.975. The monoisotopic (exact) mass is 495 g/mol. The second kappa shape index (κ2) is 11.0. The van der Waals surface area contributed by atoms with E-state index in [4.69, 9.17) is 14.1 Å². The first-order valence-electron chi connectivity index (χ1n) is 11.4. The van der Waals surface area contributed by atoms with Gasteiger partial charge in [0.05, 0.1) is 18.5 Å². The van der Waals surface area contributed by atoms with Gasteiger partial charge in [0, 0.05) is 19.2 Å². The van der Waals surface area contributed by atoms with Crippen LogP contribution in [0.1, 0.15) is 60.3 Å². The highest BCUT2D eigenvalue weighted by atomic mass is 31.2. The van der Waals surface area contributed by atoms with Crippen molar-refractivity contribution < 1.29 is 28.4 Å². The van der Waals surface area contributed by atoms with Crippen LogP contribution in [0.3, 0.4) is 0 Å². The lowest BCUT2D eigenvalue weighted by Gasteiger charge is -2.22. The highest BCUT2D eigenvalue weighted by molar-refractivity contribution is 7.53. The molecule has 1 N–H and O–H groups in total. The summed E-state index contributed by atoms with van der Waals surface area (Å²) in [7, 11) is -5.20.